The molecule has 0 spiro atoms. The van der Waals surface area contributed by atoms with Crippen molar-refractivity contribution in [2.24, 2.45) is 5.73 Å². The van der Waals surface area contributed by atoms with Crippen LogP contribution in [0, 0.1) is 17.5 Å². The Labute approximate surface area is 193 Å². The van der Waals surface area contributed by atoms with Gasteiger partial charge in [0.25, 0.3) is 0 Å². The van der Waals surface area contributed by atoms with Gasteiger partial charge in [-0.15, -0.1) is 0 Å². The summed E-state index contributed by atoms with van der Waals surface area (Å²) in [7, 11) is 0. The van der Waals surface area contributed by atoms with Crippen LogP contribution in [-0.4, -0.2) is 17.6 Å². The molecule has 9 heteroatoms. The lowest BCUT2D eigenvalue weighted by molar-refractivity contribution is -0.142. The highest BCUT2D eigenvalue weighted by Gasteiger charge is 2.20. The van der Waals surface area contributed by atoms with Crippen LogP contribution in [-0.2, 0) is 29.1 Å². The lowest BCUT2D eigenvalue weighted by atomic mass is 9.99. The van der Waals surface area contributed by atoms with E-state index in [1.165, 1.54) is 42.8 Å². The monoisotopic (exact) mass is 470 g/mol. The number of fused-ring (bicyclic) bond motifs is 1. The van der Waals surface area contributed by atoms with Crippen molar-refractivity contribution in [1.82, 2.24) is 4.98 Å². The van der Waals surface area contributed by atoms with E-state index in [2.05, 4.69) is 4.98 Å². The molecule has 6 nitrogen and oxygen atoms in total. The Morgan fingerprint density at radius 1 is 1.06 bits per heavy atom. The van der Waals surface area contributed by atoms with Crippen LogP contribution in [0.25, 0.3) is 22.1 Å². The van der Waals surface area contributed by atoms with Gasteiger partial charge in [0.1, 0.15) is 29.6 Å². The van der Waals surface area contributed by atoms with Crippen LogP contribution in [0.1, 0.15) is 23.7 Å². The molecule has 0 aliphatic rings. The molecule has 2 heterocycles. The van der Waals surface area contributed by atoms with Crippen molar-refractivity contribution in [3.8, 4) is 16.9 Å². The molecular formula is C25H21F3N2O4. The van der Waals surface area contributed by atoms with Gasteiger partial charge in [-0.25, -0.2) is 13.2 Å². The number of rotatable bonds is 8. The Bertz CT molecular complexity index is 1350. The Balaban J connectivity index is 1.71. The first-order valence-corrected chi connectivity index (χ1v) is 10.5. The van der Waals surface area contributed by atoms with Crippen LogP contribution in [0.2, 0.25) is 0 Å². The number of furan rings is 1. The molecule has 0 atom stereocenters. The summed E-state index contributed by atoms with van der Waals surface area (Å²) in [5.74, 6) is -2.13. The average molecular weight is 470 g/mol. The number of halogens is 3. The zero-order chi connectivity index (χ0) is 24.2. The second-order valence-electron chi connectivity index (χ2n) is 7.41. The van der Waals surface area contributed by atoms with E-state index >= 15 is 4.39 Å². The summed E-state index contributed by atoms with van der Waals surface area (Å²) in [5, 5.41) is 0.146. The lowest BCUT2D eigenvalue weighted by Gasteiger charge is -2.14. The van der Waals surface area contributed by atoms with Gasteiger partial charge >= 0.3 is 5.97 Å². The molecule has 176 valence electrons. The number of hydrogen-bond donors (Lipinski definition) is 1. The van der Waals surface area contributed by atoms with Gasteiger partial charge in [-0.1, -0.05) is 0 Å². The fraction of sp³-hybridized carbons (Fsp3) is 0.200. The van der Waals surface area contributed by atoms with Crippen molar-refractivity contribution in [2.75, 3.05) is 6.61 Å². The van der Waals surface area contributed by atoms with Gasteiger partial charge in [0.05, 0.1) is 30.4 Å². The summed E-state index contributed by atoms with van der Waals surface area (Å²) in [6.07, 6.45) is 2.51. The van der Waals surface area contributed by atoms with Crippen LogP contribution in [0.3, 0.4) is 0 Å². The highest BCUT2D eigenvalue weighted by molar-refractivity contribution is 5.93. The van der Waals surface area contributed by atoms with Crippen LogP contribution in [0.15, 0.2) is 53.3 Å². The molecule has 2 aromatic carbocycles. The van der Waals surface area contributed by atoms with E-state index in [-0.39, 0.29) is 65.3 Å². The zero-order valence-electron chi connectivity index (χ0n) is 18.2. The first kappa shape index (κ1) is 23.3. The molecule has 4 rings (SSSR count). The number of nitrogens with two attached hydrogens (primary N) is 1. The van der Waals surface area contributed by atoms with Gasteiger partial charge < -0.3 is 19.6 Å². The van der Waals surface area contributed by atoms with Crippen molar-refractivity contribution < 1.29 is 31.9 Å². The third-order valence-corrected chi connectivity index (χ3v) is 5.24. The highest BCUT2D eigenvalue weighted by atomic mass is 19.1. The Hall–Kier alpha value is -3.85. The fourth-order valence-corrected chi connectivity index (χ4v) is 3.66. The van der Waals surface area contributed by atoms with E-state index < -0.39 is 23.4 Å². The SMILES string of the molecule is CCOC(=O)Cc1cc(F)ccc1OCc1cc(-c2ccnc(CN)c2F)c2occc2c1F. The van der Waals surface area contributed by atoms with Crippen molar-refractivity contribution in [1.29, 1.82) is 0 Å². The minimum atomic E-state index is -0.628. The van der Waals surface area contributed by atoms with Gasteiger partial charge in [0.2, 0.25) is 0 Å². The summed E-state index contributed by atoms with van der Waals surface area (Å²) in [6, 6.07) is 8.00. The predicted molar refractivity (Wildman–Crippen MR) is 118 cm³/mol. The van der Waals surface area contributed by atoms with Gasteiger partial charge in [-0.05, 0) is 43.3 Å². The maximum Gasteiger partial charge on any atom is 0.310 e. The molecular weight excluding hydrogens is 449 g/mol. The van der Waals surface area contributed by atoms with Crippen molar-refractivity contribution >= 4 is 16.9 Å². The number of aromatic nitrogens is 1. The number of pyridine rings is 1. The minimum Gasteiger partial charge on any atom is -0.488 e. The van der Waals surface area contributed by atoms with E-state index in [1.807, 2.05) is 0 Å². The Morgan fingerprint density at radius 3 is 2.65 bits per heavy atom. The standard InChI is InChI=1S/C25H21F3N2O4/c1-2-32-22(31)11-14-9-16(26)3-4-21(14)34-13-15-10-19(25-18(23(15)27)6-8-33-25)17-5-7-30-20(12-29)24(17)28/h3-10H,2,11-13,29H2,1H3. The largest absolute Gasteiger partial charge is 0.488 e. The van der Waals surface area contributed by atoms with Crippen molar-refractivity contribution in [2.45, 2.75) is 26.5 Å². The van der Waals surface area contributed by atoms with Crippen LogP contribution in [0.4, 0.5) is 13.2 Å². The smallest absolute Gasteiger partial charge is 0.310 e. The predicted octanol–water partition coefficient (Wildman–Crippen LogP) is 5.06. The second-order valence-corrected chi connectivity index (χ2v) is 7.41. The van der Waals surface area contributed by atoms with Gasteiger partial charge in [0, 0.05) is 35.0 Å². The first-order valence-electron chi connectivity index (χ1n) is 10.5. The molecule has 0 fully saturated rings. The fourth-order valence-electron chi connectivity index (χ4n) is 3.66. The van der Waals surface area contributed by atoms with E-state index in [9.17, 15) is 13.6 Å². The Morgan fingerprint density at radius 2 is 1.88 bits per heavy atom. The zero-order valence-corrected chi connectivity index (χ0v) is 18.2. The number of carbonyl (C=O) groups excluding carboxylic acids is 1. The molecule has 0 aliphatic carbocycles. The van der Waals surface area contributed by atoms with E-state index in [0.717, 1.165) is 6.07 Å². The Kier molecular flexibility index (Phi) is 6.83. The van der Waals surface area contributed by atoms with E-state index in [0.29, 0.717) is 5.56 Å². The molecule has 34 heavy (non-hydrogen) atoms. The van der Waals surface area contributed by atoms with E-state index in [4.69, 9.17) is 19.6 Å². The molecule has 0 amide bonds. The number of esters is 1. The second kappa shape index (κ2) is 9.96. The maximum atomic E-state index is 15.2. The molecule has 0 aliphatic heterocycles. The molecule has 4 aromatic rings. The summed E-state index contributed by atoms with van der Waals surface area (Å²) in [6.45, 7) is 1.47. The number of ether oxygens (including phenoxy) is 2. The minimum absolute atomic E-state index is 0.0641. The van der Waals surface area contributed by atoms with Crippen molar-refractivity contribution in [3.63, 3.8) is 0 Å². The third kappa shape index (κ3) is 4.60. The number of benzene rings is 2. The van der Waals surface area contributed by atoms with Crippen LogP contribution in [0.5, 0.6) is 5.75 Å². The summed E-state index contributed by atoms with van der Waals surface area (Å²) < 4.78 is 60.1. The quantitative estimate of drug-likeness (QED) is 0.363. The maximum absolute atomic E-state index is 15.2. The van der Waals surface area contributed by atoms with Gasteiger partial charge in [-0.3, -0.25) is 9.78 Å². The number of hydrogen-bond acceptors (Lipinski definition) is 6. The average Bonchev–Trinajstić information content (AvgIpc) is 3.31. The van der Waals surface area contributed by atoms with Gasteiger partial charge in [0.15, 0.2) is 5.82 Å². The molecule has 2 N–H and O–H groups in total. The molecule has 0 radical (unpaired) electrons. The van der Waals surface area contributed by atoms with Gasteiger partial charge in [-0.2, -0.15) is 0 Å². The summed E-state index contributed by atoms with van der Waals surface area (Å²) in [5.41, 5.74) is 6.63. The van der Waals surface area contributed by atoms with Crippen LogP contribution < -0.4 is 10.5 Å². The normalized spacial score (nSPS) is 11.1. The first-order chi connectivity index (χ1) is 16.4. The summed E-state index contributed by atoms with van der Waals surface area (Å²) >= 11 is 0. The number of carbonyl (C=O) groups is 1. The van der Waals surface area contributed by atoms with Crippen LogP contribution >= 0.6 is 0 Å². The topological polar surface area (TPSA) is 87.6 Å². The molecule has 0 bridgehead atoms. The third-order valence-electron chi connectivity index (χ3n) is 5.24. The number of nitrogens with zero attached hydrogens (tertiary/aromatic N) is 1. The molecule has 0 saturated carbocycles. The highest BCUT2D eigenvalue weighted by Crippen LogP contribution is 2.35. The molecule has 0 unspecified atom stereocenters. The molecule has 2 aromatic heterocycles. The van der Waals surface area contributed by atoms with E-state index in [1.54, 1.807) is 6.92 Å². The lowest BCUT2D eigenvalue weighted by Crippen LogP contribution is -2.10. The van der Waals surface area contributed by atoms with Crippen molar-refractivity contribution in [3.05, 3.63) is 83.1 Å². The molecule has 0 saturated heterocycles. The summed E-state index contributed by atoms with van der Waals surface area (Å²) in [4.78, 5) is 15.8.